The van der Waals surface area contributed by atoms with E-state index < -0.39 is 6.98 Å². The van der Waals surface area contributed by atoms with Gasteiger partial charge in [-0.05, 0) is 34.9 Å². The van der Waals surface area contributed by atoms with Gasteiger partial charge in [0.25, 0.3) is 0 Å². The van der Waals surface area contributed by atoms with Crippen LogP contribution in [0.5, 0.6) is 0 Å². The van der Waals surface area contributed by atoms with E-state index in [2.05, 4.69) is 18.7 Å². The third kappa shape index (κ3) is 4.77. The Hall–Kier alpha value is -0.0800. The van der Waals surface area contributed by atoms with Crippen molar-refractivity contribution in [2.75, 3.05) is 34.2 Å². The van der Waals surface area contributed by atoms with Gasteiger partial charge in [-0.25, -0.2) is 0 Å². The normalized spacial score (nSPS) is 17.7. The van der Waals surface area contributed by atoms with Crippen molar-refractivity contribution in [2.45, 2.75) is 19.9 Å². The lowest BCUT2D eigenvalue weighted by molar-refractivity contribution is 0.241. The lowest BCUT2D eigenvalue weighted by atomic mass is 10.3. The fraction of sp³-hybridized carbons (Fsp3) is 1.00. The molecule has 2 heteroatoms. The summed E-state index contributed by atoms with van der Waals surface area (Å²) in [6.07, 6.45) is 0. The molecule has 62 valence electrons. The van der Waals surface area contributed by atoms with Crippen LogP contribution in [0.2, 0.25) is 0 Å². The second-order valence-electron chi connectivity index (χ2n) is 3.00. The molecule has 0 atom stereocenters. The Bertz CT molecular complexity index is 145. The molecule has 0 rings (SSSR count). The van der Waals surface area contributed by atoms with Crippen LogP contribution in [0.3, 0.4) is 0 Å². The van der Waals surface area contributed by atoms with E-state index in [0.717, 1.165) is 6.54 Å². The van der Waals surface area contributed by atoms with Crippen LogP contribution in [0.25, 0.3) is 0 Å². The van der Waals surface area contributed by atoms with E-state index in [4.69, 9.17) is 4.11 Å². The number of rotatable bonds is 4. The second-order valence-corrected chi connectivity index (χ2v) is 3.00. The van der Waals surface area contributed by atoms with Gasteiger partial charge in [-0.1, -0.05) is 0 Å². The number of nitrogens with zero attached hydrogens (tertiary/aromatic N) is 2. The molecule has 0 unspecified atom stereocenters. The Morgan fingerprint density at radius 2 is 1.90 bits per heavy atom. The van der Waals surface area contributed by atoms with E-state index in [-0.39, 0.29) is 0 Å². The van der Waals surface area contributed by atoms with E-state index in [1.165, 1.54) is 4.90 Å². The number of hydrogen-bond acceptors (Lipinski definition) is 2. The fourth-order valence-electron chi connectivity index (χ4n) is 0.566. The summed E-state index contributed by atoms with van der Waals surface area (Å²) in [5.41, 5.74) is 0. The van der Waals surface area contributed by atoms with Crippen molar-refractivity contribution in [3.63, 3.8) is 0 Å². The summed E-state index contributed by atoms with van der Waals surface area (Å²) in [4.78, 5) is 3.52. The van der Waals surface area contributed by atoms with Crippen molar-refractivity contribution >= 4 is 0 Å². The topological polar surface area (TPSA) is 6.48 Å². The molecule has 0 saturated heterocycles. The van der Waals surface area contributed by atoms with Gasteiger partial charge in [0.2, 0.25) is 0 Å². The van der Waals surface area contributed by atoms with Gasteiger partial charge >= 0.3 is 0 Å². The van der Waals surface area contributed by atoms with Crippen molar-refractivity contribution in [1.82, 2.24) is 9.80 Å². The van der Waals surface area contributed by atoms with Crippen molar-refractivity contribution in [3.05, 3.63) is 0 Å². The summed E-state index contributed by atoms with van der Waals surface area (Å²) >= 11 is 0. The van der Waals surface area contributed by atoms with Gasteiger partial charge in [-0.2, -0.15) is 0 Å². The van der Waals surface area contributed by atoms with Crippen LogP contribution in [0.15, 0.2) is 0 Å². The molecule has 0 aliphatic heterocycles. The fourth-order valence-corrected chi connectivity index (χ4v) is 0.566. The van der Waals surface area contributed by atoms with Gasteiger partial charge in [0, 0.05) is 23.2 Å². The molecule has 0 amide bonds. The van der Waals surface area contributed by atoms with Gasteiger partial charge in [-0.15, -0.1) is 0 Å². The first-order valence-electron chi connectivity index (χ1n) is 5.16. The van der Waals surface area contributed by atoms with E-state index in [0.29, 0.717) is 12.6 Å². The van der Waals surface area contributed by atoms with Crippen molar-refractivity contribution in [1.29, 1.82) is 0 Å². The molecule has 0 saturated carbocycles. The van der Waals surface area contributed by atoms with Crippen LogP contribution < -0.4 is 0 Å². The van der Waals surface area contributed by atoms with Crippen LogP contribution >= 0.6 is 0 Å². The largest absolute Gasteiger partial charge is 0.308 e. The molecule has 0 aliphatic rings. The first-order valence-corrected chi connectivity index (χ1v) is 3.66. The Morgan fingerprint density at radius 3 is 2.30 bits per heavy atom. The van der Waals surface area contributed by atoms with Crippen molar-refractivity contribution < 1.29 is 4.11 Å². The molecule has 0 aromatic heterocycles. The van der Waals surface area contributed by atoms with Crippen molar-refractivity contribution in [3.8, 4) is 0 Å². The molecule has 0 fully saturated rings. The maximum absolute atomic E-state index is 7.13. The van der Waals surface area contributed by atoms with E-state index >= 15 is 0 Å². The summed E-state index contributed by atoms with van der Waals surface area (Å²) in [6.45, 7) is 3.58. The predicted octanol–water partition coefficient (Wildman–Crippen LogP) is 0.888. The average Bonchev–Trinajstić information content (AvgIpc) is 1.97. The third-order valence-corrected chi connectivity index (χ3v) is 1.67. The van der Waals surface area contributed by atoms with Crippen molar-refractivity contribution in [2.24, 2.45) is 0 Å². The lowest BCUT2D eigenvalue weighted by Gasteiger charge is -2.22. The van der Waals surface area contributed by atoms with Gasteiger partial charge < -0.3 is 9.80 Å². The zero-order valence-electron chi connectivity index (χ0n) is 10.4. The van der Waals surface area contributed by atoms with E-state index in [1.54, 1.807) is 7.05 Å². The van der Waals surface area contributed by atoms with Crippen LogP contribution in [-0.2, 0) is 0 Å². The molecule has 0 aromatic carbocycles. The smallest absolute Gasteiger partial charge is 0.0394 e. The van der Waals surface area contributed by atoms with E-state index in [1.807, 2.05) is 7.05 Å². The molecule has 0 heterocycles. The monoisotopic (exact) mass is 147 g/mol. The highest BCUT2D eigenvalue weighted by Gasteiger charge is 2.01. The Morgan fingerprint density at radius 1 is 1.30 bits per heavy atom. The highest BCUT2D eigenvalue weighted by Crippen LogP contribution is 1.91. The molecular weight excluding hydrogens is 124 g/mol. The minimum absolute atomic E-state index is 0.463. The average molecular weight is 147 g/mol. The minimum Gasteiger partial charge on any atom is -0.308 e. The Kier molecular flexibility index (Phi) is 2.61. The van der Waals surface area contributed by atoms with Gasteiger partial charge in [-0.3, -0.25) is 0 Å². The summed E-state index contributed by atoms with van der Waals surface area (Å²) in [5, 5.41) is 0. The van der Waals surface area contributed by atoms with Gasteiger partial charge in [0.1, 0.15) is 0 Å². The molecule has 0 aliphatic carbocycles. The summed E-state index contributed by atoms with van der Waals surface area (Å²) < 4.78 is 21.4. The molecule has 2 nitrogen and oxygen atoms in total. The van der Waals surface area contributed by atoms with Crippen LogP contribution in [0, 0.1) is 0 Å². The Balaban J connectivity index is 3.77. The van der Waals surface area contributed by atoms with Gasteiger partial charge in [0.05, 0.1) is 0 Å². The molecule has 0 aromatic rings. The van der Waals surface area contributed by atoms with E-state index in [9.17, 15) is 0 Å². The molecule has 10 heavy (non-hydrogen) atoms. The Labute approximate surface area is 69.0 Å². The maximum Gasteiger partial charge on any atom is 0.0394 e. The summed E-state index contributed by atoms with van der Waals surface area (Å²) in [6, 6.07) is 0.463. The maximum atomic E-state index is 7.13. The predicted molar refractivity (Wildman–Crippen MR) is 46.3 cm³/mol. The highest BCUT2D eigenvalue weighted by molar-refractivity contribution is 4.57. The van der Waals surface area contributed by atoms with Crippen LogP contribution in [0.1, 0.15) is 18.0 Å². The molecular formula is C8H20N2. The van der Waals surface area contributed by atoms with Crippen LogP contribution in [-0.4, -0.2) is 50.0 Å². The standard InChI is InChI=1S/C8H20N2/c1-8(2)10(5)7-6-9(3)4/h8H,6-7H2,1-5H3/i3D3. The molecule has 0 bridgehead atoms. The highest BCUT2D eigenvalue weighted by atomic mass is 15.2. The SMILES string of the molecule is [2H]C([2H])([2H])N(C)CCN(C)C(C)C. The number of hydrogen-bond donors (Lipinski definition) is 0. The second kappa shape index (κ2) is 4.69. The lowest BCUT2D eigenvalue weighted by Crippen LogP contribution is -2.33. The first-order chi connectivity index (χ1) is 5.75. The first kappa shape index (κ1) is 5.56. The van der Waals surface area contributed by atoms with Crippen LogP contribution in [0.4, 0.5) is 0 Å². The zero-order valence-corrected chi connectivity index (χ0v) is 7.39. The zero-order chi connectivity index (χ0) is 10.6. The molecule has 0 radical (unpaired) electrons. The summed E-state index contributed by atoms with van der Waals surface area (Å²) in [7, 11) is 3.62. The number of likely N-dealkylation sites (N-methyl/N-ethyl adjacent to an activating group) is 2. The minimum atomic E-state index is -1.96. The molecule has 0 spiro atoms. The summed E-state index contributed by atoms with van der Waals surface area (Å²) in [5.74, 6) is 0. The quantitative estimate of drug-likeness (QED) is 0.582. The molecule has 0 N–H and O–H groups in total. The third-order valence-electron chi connectivity index (χ3n) is 1.67. The van der Waals surface area contributed by atoms with Gasteiger partial charge in [0.15, 0.2) is 0 Å².